The Balaban J connectivity index is 1.51. The molecule has 1 aliphatic heterocycles. The van der Waals surface area contributed by atoms with Crippen molar-refractivity contribution >= 4 is 11.7 Å². The van der Waals surface area contributed by atoms with Crippen LogP contribution in [-0.4, -0.2) is 62.6 Å². The number of benzene rings is 2. The minimum Gasteiger partial charge on any atom is -0.497 e. The van der Waals surface area contributed by atoms with Gasteiger partial charge < -0.3 is 24.4 Å². The van der Waals surface area contributed by atoms with Gasteiger partial charge in [0.25, 0.3) is 0 Å². The third kappa shape index (κ3) is 10.8. The van der Waals surface area contributed by atoms with E-state index in [-0.39, 0.29) is 17.7 Å². The van der Waals surface area contributed by atoms with Crippen molar-refractivity contribution in [3.8, 4) is 17.2 Å². The zero-order chi connectivity index (χ0) is 28.6. The summed E-state index contributed by atoms with van der Waals surface area (Å²) in [5, 5.41) is 3.33. The van der Waals surface area contributed by atoms with E-state index in [1.54, 1.807) is 19.2 Å². The van der Waals surface area contributed by atoms with Crippen LogP contribution in [-0.2, 0) is 11.2 Å². The summed E-state index contributed by atoms with van der Waals surface area (Å²) in [5.41, 5.74) is 1.84. The van der Waals surface area contributed by atoms with Gasteiger partial charge in [0.1, 0.15) is 19.0 Å². The van der Waals surface area contributed by atoms with Gasteiger partial charge in [0.15, 0.2) is 17.3 Å². The third-order valence-electron chi connectivity index (χ3n) is 7.31. The molecule has 1 unspecified atom stereocenters. The molecule has 0 aromatic heterocycles. The fourth-order valence-corrected chi connectivity index (χ4v) is 5.00. The van der Waals surface area contributed by atoms with Gasteiger partial charge in [-0.2, -0.15) is 0 Å². The molecule has 1 amide bonds. The van der Waals surface area contributed by atoms with Gasteiger partial charge in [0, 0.05) is 31.0 Å². The predicted octanol–water partition coefficient (Wildman–Crippen LogP) is 6.23. The number of ketones is 1. The normalized spacial score (nSPS) is 13.2. The van der Waals surface area contributed by atoms with Crippen LogP contribution in [0.3, 0.4) is 0 Å². The lowest BCUT2D eigenvalue weighted by molar-refractivity contribution is -0.122. The highest BCUT2D eigenvalue weighted by molar-refractivity contribution is 5.96. The van der Waals surface area contributed by atoms with Gasteiger partial charge in [-0.25, -0.2) is 0 Å². The number of nitrogens with one attached hydrogen (secondary N) is 1. The molecule has 0 saturated carbocycles. The molecule has 1 heterocycles. The molecule has 1 aliphatic rings. The number of hydrogen-bond donors (Lipinski definition) is 1. The molecule has 3 rings (SSSR count). The number of fused-ring (bicyclic) bond motifs is 1. The van der Waals surface area contributed by atoms with Gasteiger partial charge in [-0.3, -0.25) is 9.59 Å². The van der Waals surface area contributed by atoms with E-state index in [1.165, 1.54) is 0 Å². The molecule has 1 N–H and O–H groups in total. The van der Waals surface area contributed by atoms with E-state index in [1.807, 2.05) is 18.2 Å². The first-order valence-electron chi connectivity index (χ1n) is 15.1. The van der Waals surface area contributed by atoms with Crippen molar-refractivity contribution < 1.29 is 23.8 Å². The van der Waals surface area contributed by atoms with Crippen molar-refractivity contribution in [1.29, 1.82) is 0 Å². The van der Waals surface area contributed by atoms with Gasteiger partial charge in [-0.05, 0) is 87.2 Å². The first kappa shape index (κ1) is 31.5. The zero-order valence-corrected chi connectivity index (χ0v) is 24.7. The Bertz CT molecular complexity index is 1030. The molecule has 0 spiro atoms. The summed E-state index contributed by atoms with van der Waals surface area (Å²) >= 11 is 0. The van der Waals surface area contributed by atoms with E-state index in [0.717, 1.165) is 93.8 Å². The highest BCUT2D eigenvalue weighted by Crippen LogP contribution is 2.31. The predicted molar refractivity (Wildman–Crippen MR) is 160 cm³/mol. The molecule has 0 bridgehead atoms. The second-order valence-electron chi connectivity index (χ2n) is 10.7. The number of unbranched alkanes of at least 4 members (excludes halogenated alkanes) is 4. The minimum absolute atomic E-state index is 0.0143. The molecule has 0 aliphatic carbocycles. The summed E-state index contributed by atoms with van der Waals surface area (Å²) in [4.78, 5) is 28.0. The summed E-state index contributed by atoms with van der Waals surface area (Å²) < 4.78 is 16.6. The number of rotatable bonds is 19. The smallest absolute Gasteiger partial charge is 0.220 e. The SMILES string of the molecule is CCCCN(CCCC)CC(Cc1ccc2c(c1)OCCO2)NC(=O)CCCCCC(=O)c1ccc(OC)cc1. The summed E-state index contributed by atoms with van der Waals surface area (Å²) in [6.07, 6.45) is 8.73. The molecular weight excluding hydrogens is 504 g/mol. The molecule has 2 aromatic rings. The molecule has 1 atom stereocenters. The van der Waals surface area contributed by atoms with E-state index >= 15 is 0 Å². The lowest BCUT2D eigenvalue weighted by Crippen LogP contribution is -2.45. The maximum absolute atomic E-state index is 13.0. The van der Waals surface area contributed by atoms with Crippen LogP contribution >= 0.6 is 0 Å². The lowest BCUT2D eigenvalue weighted by Gasteiger charge is -2.29. The van der Waals surface area contributed by atoms with Crippen LogP contribution in [0, 0.1) is 0 Å². The molecule has 0 saturated heterocycles. The van der Waals surface area contributed by atoms with E-state index in [0.29, 0.717) is 31.6 Å². The summed E-state index contributed by atoms with van der Waals surface area (Å²) in [6.45, 7) is 8.50. The van der Waals surface area contributed by atoms with Gasteiger partial charge in [-0.15, -0.1) is 0 Å². The first-order chi connectivity index (χ1) is 19.5. The fraction of sp³-hybridized carbons (Fsp3) is 0.576. The Morgan fingerprint density at radius 2 is 1.55 bits per heavy atom. The maximum Gasteiger partial charge on any atom is 0.220 e. The molecule has 7 nitrogen and oxygen atoms in total. The van der Waals surface area contributed by atoms with Crippen LogP contribution in [0.15, 0.2) is 42.5 Å². The van der Waals surface area contributed by atoms with Crippen LogP contribution in [0.5, 0.6) is 17.2 Å². The average Bonchev–Trinajstić information content (AvgIpc) is 2.98. The second kappa shape index (κ2) is 17.6. The zero-order valence-electron chi connectivity index (χ0n) is 24.7. The van der Waals surface area contributed by atoms with Crippen LogP contribution in [0.2, 0.25) is 0 Å². The minimum atomic E-state index is 0.0143. The highest BCUT2D eigenvalue weighted by atomic mass is 16.6. The molecular formula is C33H48N2O5. The number of carbonyl (C=O) groups excluding carboxylic acids is 2. The largest absolute Gasteiger partial charge is 0.497 e. The second-order valence-corrected chi connectivity index (χ2v) is 10.7. The average molecular weight is 553 g/mol. The van der Waals surface area contributed by atoms with Crippen molar-refractivity contribution in [3.05, 3.63) is 53.6 Å². The molecule has 40 heavy (non-hydrogen) atoms. The van der Waals surface area contributed by atoms with Crippen LogP contribution in [0.25, 0.3) is 0 Å². The van der Waals surface area contributed by atoms with Crippen LogP contribution in [0.4, 0.5) is 0 Å². The monoisotopic (exact) mass is 552 g/mol. The summed E-state index contributed by atoms with van der Waals surface area (Å²) in [7, 11) is 1.61. The van der Waals surface area contributed by atoms with E-state index < -0.39 is 0 Å². The van der Waals surface area contributed by atoms with Crippen molar-refractivity contribution in [2.24, 2.45) is 0 Å². The first-order valence-corrected chi connectivity index (χ1v) is 15.1. The molecule has 0 radical (unpaired) electrons. The Morgan fingerprint density at radius 1 is 0.875 bits per heavy atom. The Morgan fingerprint density at radius 3 is 2.23 bits per heavy atom. The molecule has 0 fully saturated rings. The fourth-order valence-electron chi connectivity index (χ4n) is 5.00. The highest BCUT2D eigenvalue weighted by Gasteiger charge is 2.19. The summed E-state index contributed by atoms with van der Waals surface area (Å²) in [6, 6.07) is 13.4. The van der Waals surface area contributed by atoms with Crippen molar-refractivity contribution in [3.63, 3.8) is 0 Å². The van der Waals surface area contributed by atoms with E-state index in [2.05, 4.69) is 36.2 Å². The Kier molecular flexibility index (Phi) is 13.8. The van der Waals surface area contributed by atoms with Crippen molar-refractivity contribution in [2.45, 2.75) is 84.1 Å². The number of methoxy groups -OCH3 is 1. The van der Waals surface area contributed by atoms with Crippen LogP contribution in [0.1, 0.15) is 87.6 Å². The molecule has 7 heteroatoms. The van der Waals surface area contributed by atoms with Gasteiger partial charge in [0.2, 0.25) is 5.91 Å². The number of carbonyl (C=O) groups is 2. The van der Waals surface area contributed by atoms with Crippen LogP contribution < -0.4 is 19.5 Å². The quantitative estimate of drug-likeness (QED) is 0.164. The number of Topliss-reactive ketones (excluding diaryl/α,β-unsaturated/α-hetero) is 1. The van der Waals surface area contributed by atoms with E-state index in [4.69, 9.17) is 14.2 Å². The van der Waals surface area contributed by atoms with Gasteiger partial charge in [0.05, 0.1) is 7.11 Å². The van der Waals surface area contributed by atoms with Crippen molar-refractivity contribution in [1.82, 2.24) is 10.2 Å². The third-order valence-corrected chi connectivity index (χ3v) is 7.31. The summed E-state index contributed by atoms with van der Waals surface area (Å²) in [5.74, 6) is 2.52. The van der Waals surface area contributed by atoms with E-state index in [9.17, 15) is 9.59 Å². The lowest BCUT2D eigenvalue weighted by atomic mass is 10.0. The molecule has 220 valence electrons. The van der Waals surface area contributed by atoms with Gasteiger partial charge in [-0.1, -0.05) is 39.2 Å². The number of nitrogens with zero attached hydrogens (tertiary/aromatic N) is 1. The molecule has 2 aromatic carbocycles. The number of ether oxygens (including phenoxy) is 3. The Labute approximate surface area is 240 Å². The standard InChI is InChI=1S/C33H48N2O5/c1-4-6-19-35(20-7-5-2)25-28(23-26-13-18-31-32(24-26)40-22-21-39-31)34-33(37)12-10-8-9-11-30(36)27-14-16-29(38-3)17-15-27/h13-18,24,28H,4-12,19-23,25H2,1-3H3,(H,34,37). The Hall–Kier alpha value is -3.06. The van der Waals surface area contributed by atoms with Crippen molar-refractivity contribution in [2.75, 3.05) is 40.0 Å². The maximum atomic E-state index is 13.0. The van der Waals surface area contributed by atoms with Gasteiger partial charge >= 0.3 is 0 Å². The number of hydrogen-bond acceptors (Lipinski definition) is 6. The topological polar surface area (TPSA) is 77.1 Å². The number of amides is 1.